The van der Waals surface area contributed by atoms with Gasteiger partial charge in [-0.15, -0.1) is 0 Å². The molecule has 2 aliphatic rings. The Balaban J connectivity index is 1.14. The van der Waals surface area contributed by atoms with Crippen LogP contribution in [0.25, 0.3) is 22.3 Å². The maximum Gasteiger partial charge on any atom is 0.225 e. The number of fused-ring (bicyclic) bond motifs is 1. The average Bonchev–Trinajstić information content (AvgIpc) is 3.68. The fraction of sp³-hybridized carbons (Fsp3) is 0.393. The summed E-state index contributed by atoms with van der Waals surface area (Å²) in [6.45, 7) is 7.62. The van der Waals surface area contributed by atoms with Gasteiger partial charge in [0.25, 0.3) is 0 Å². The first-order valence-electron chi connectivity index (χ1n) is 12.8. The van der Waals surface area contributed by atoms with Crippen molar-refractivity contribution < 1.29 is 4.79 Å². The molecule has 184 valence electrons. The van der Waals surface area contributed by atoms with E-state index in [-0.39, 0.29) is 6.04 Å². The van der Waals surface area contributed by atoms with Crippen LogP contribution in [0, 0.1) is 12.8 Å². The molecule has 4 aromatic rings. The third kappa shape index (κ3) is 4.73. The molecule has 6 rings (SSSR count). The first kappa shape index (κ1) is 22.8. The minimum atomic E-state index is 0.277. The van der Waals surface area contributed by atoms with E-state index < -0.39 is 0 Å². The Labute approximate surface area is 210 Å². The zero-order valence-corrected chi connectivity index (χ0v) is 20.8. The smallest absolute Gasteiger partial charge is 0.225 e. The van der Waals surface area contributed by atoms with Gasteiger partial charge in [0.05, 0.1) is 16.7 Å². The van der Waals surface area contributed by atoms with Crippen LogP contribution in [-0.4, -0.2) is 66.8 Å². The second kappa shape index (κ2) is 9.43. The summed E-state index contributed by atoms with van der Waals surface area (Å²) in [6.07, 6.45) is 6.47. The normalized spacial score (nSPS) is 17.4. The number of imidazole rings is 1. The molecule has 1 saturated carbocycles. The number of aromatic nitrogens is 5. The minimum Gasteiger partial charge on any atom is -0.342 e. The van der Waals surface area contributed by atoms with E-state index in [1.165, 1.54) is 5.56 Å². The van der Waals surface area contributed by atoms with E-state index in [0.717, 1.165) is 78.7 Å². The molecule has 0 radical (unpaired) electrons. The quantitative estimate of drug-likeness (QED) is 0.449. The highest BCUT2D eigenvalue weighted by molar-refractivity contribution is 5.81. The number of H-pyrrole nitrogens is 1. The molecule has 0 spiro atoms. The summed E-state index contributed by atoms with van der Waals surface area (Å²) in [5.41, 5.74) is 6.11. The lowest BCUT2D eigenvalue weighted by Gasteiger charge is -2.38. The number of piperazine rings is 1. The minimum absolute atomic E-state index is 0.277. The van der Waals surface area contributed by atoms with Crippen molar-refractivity contribution in [2.45, 2.75) is 39.2 Å². The highest BCUT2D eigenvalue weighted by atomic mass is 16.2. The monoisotopic (exact) mass is 481 g/mol. The highest BCUT2D eigenvalue weighted by Gasteiger charge is 2.35. The number of hydrogen-bond acceptors (Lipinski definition) is 6. The summed E-state index contributed by atoms with van der Waals surface area (Å²) < 4.78 is 0. The van der Waals surface area contributed by atoms with Crippen LogP contribution in [0.4, 0.5) is 0 Å². The second-order valence-corrected chi connectivity index (χ2v) is 9.97. The number of nitrogens with one attached hydrogen (secondary N) is 1. The summed E-state index contributed by atoms with van der Waals surface area (Å²) in [7, 11) is 0. The third-order valence-corrected chi connectivity index (χ3v) is 7.37. The van der Waals surface area contributed by atoms with Gasteiger partial charge >= 0.3 is 0 Å². The van der Waals surface area contributed by atoms with Crippen LogP contribution in [0.5, 0.6) is 0 Å². The molecule has 8 heteroatoms. The fourth-order valence-corrected chi connectivity index (χ4v) is 5.08. The highest BCUT2D eigenvalue weighted by Crippen LogP contribution is 2.32. The maximum absolute atomic E-state index is 12.4. The molecule has 1 amide bonds. The van der Waals surface area contributed by atoms with Gasteiger partial charge in [0, 0.05) is 68.2 Å². The van der Waals surface area contributed by atoms with Crippen LogP contribution in [0.15, 0.2) is 48.8 Å². The molecule has 4 heterocycles. The molecule has 2 fully saturated rings. The lowest BCUT2D eigenvalue weighted by Crippen LogP contribution is -2.49. The molecule has 1 atom stereocenters. The standard InChI is InChI=1S/C28H31N7O/c1-18(34-11-13-35(14-12-34)28(36)20-3-4-20)21-7-9-30-23(15-21)17-27-32-25-6-5-22(16-26(25)33-27)24-8-10-29-19(2)31-24/h5-10,15-16,18,20H,3-4,11-14,17H2,1-2H3,(H,32,33). The van der Waals surface area contributed by atoms with Crippen molar-refractivity contribution in [2.75, 3.05) is 26.2 Å². The molecule has 1 aliphatic carbocycles. The molecule has 1 unspecified atom stereocenters. The number of carbonyl (C=O) groups is 1. The Morgan fingerprint density at radius 1 is 1.03 bits per heavy atom. The van der Waals surface area contributed by atoms with Crippen molar-refractivity contribution in [3.8, 4) is 11.3 Å². The van der Waals surface area contributed by atoms with Gasteiger partial charge in [-0.2, -0.15) is 0 Å². The predicted molar refractivity (Wildman–Crippen MR) is 138 cm³/mol. The van der Waals surface area contributed by atoms with Crippen LogP contribution in [-0.2, 0) is 11.2 Å². The topological polar surface area (TPSA) is 90.9 Å². The van der Waals surface area contributed by atoms with Gasteiger partial charge in [0.2, 0.25) is 5.91 Å². The molecule has 1 aliphatic heterocycles. The number of pyridine rings is 1. The first-order valence-corrected chi connectivity index (χ1v) is 12.8. The maximum atomic E-state index is 12.4. The van der Waals surface area contributed by atoms with E-state index in [4.69, 9.17) is 4.98 Å². The zero-order chi connectivity index (χ0) is 24.6. The number of hydrogen-bond donors (Lipinski definition) is 1. The summed E-state index contributed by atoms with van der Waals surface area (Å²) in [5, 5.41) is 0. The Bertz CT molecular complexity index is 1400. The zero-order valence-electron chi connectivity index (χ0n) is 20.8. The summed E-state index contributed by atoms with van der Waals surface area (Å²) in [4.78, 5) is 38.5. The van der Waals surface area contributed by atoms with Crippen LogP contribution < -0.4 is 0 Å². The number of aryl methyl sites for hydroxylation is 1. The van der Waals surface area contributed by atoms with Crippen LogP contribution in [0.2, 0.25) is 0 Å². The van der Waals surface area contributed by atoms with E-state index in [0.29, 0.717) is 18.2 Å². The molecular weight excluding hydrogens is 450 g/mol. The van der Waals surface area contributed by atoms with Gasteiger partial charge in [-0.25, -0.2) is 15.0 Å². The van der Waals surface area contributed by atoms with Crippen LogP contribution in [0.3, 0.4) is 0 Å². The number of benzene rings is 1. The Morgan fingerprint density at radius 3 is 2.61 bits per heavy atom. The van der Waals surface area contributed by atoms with Crippen molar-refractivity contribution in [1.82, 2.24) is 34.7 Å². The number of amides is 1. The number of nitrogens with zero attached hydrogens (tertiary/aromatic N) is 6. The lowest BCUT2D eigenvalue weighted by molar-refractivity contribution is -0.134. The number of aromatic amines is 1. The van der Waals surface area contributed by atoms with Crippen molar-refractivity contribution in [1.29, 1.82) is 0 Å². The van der Waals surface area contributed by atoms with E-state index in [2.05, 4.69) is 54.9 Å². The van der Waals surface area contributed by atoms with E-state index >= 15 is 0 Å². The van der Waals surface area contributed by atoms with Gasteiger partial charge in [-0.05, 0) is 62.6 Å². The van der Waals surface area contributed by atoms with Crippen molar-refractivity contribution in [3.05, 3.63) is 71.7 Å². The Hall–Kier alpha value is -3.65. The molecule has 36 heavy (non-hydrogen) atoms. The van der Waals surface area contributed by atoms with Crippen molar-refractivity contribution >= 4 is 16.9 Å². The van der Waals surface area contributed by atoms with Gasteiger partial charge in [-0.3, -0.25) is 14.7 Å². The molecule has 1 N–H and O–H groups in total. The third-order valence-electron chi connectivity index (χ3n) is 7.37. The van der Waals surface area contributed by atoms with Crippen molar-refractivity contribution in [3.63, 3.8) is 0 Å². The van der Waals surface area contributed by atoms with E-state index in [1.807, 2.05) is 31.3 Å². The molecule has 8 nitrogen and oxygen atoms in total. The summed E-state index contributed by atoms with van der Waals surface area (Å²) in [5.74, 6) is 2.31. The van der Waals surface area contributed by atoms with Crippen LogP contribution >= 0.6 is 0 Å². The SMILES string of the molecule is Cc1nccc(-c2ccc3nc(Cc4cc(C(C)N5CCN(C(=O)C6CC6)CC5)ccn4)[nH]c3c2)n1. The van der Waals surface area contributed by atoms with Gasteiger partial charge in [-0.1, -0.05) is 6.07 Å². The molecule has 3 aromatic heterocycles. The molecule has 1 saturated heterocycles. The average molecular weight is 482 g/mol. The van der Waals surface area contributed by atoms with E-state index in [9.17, 15) is 4.79 Å². The molecular formula is C28H31N7O. The lowest BCUT2D eigenvalue weighted by atomic mass is 10.1. The number of carbonyl (C=O) groups excluding carboxylic acids is 1. The first-order chi connectivity index (χ1) is 17.5. The van der Waals surface area contributed by atoms with E-state index in [1.54, 1.807) is 6.20 Å². The summed E-state index contributed by atoms with van der Waals surface area (Å²) in [6, 6.07) is 12.7. The van der Waals surface area contributed by atoms with Crippen LogP contribution in [0.1, 0.15) is 48.7 Å². The summed E-state index contributed by atoms with van der Waals surface area (Å²) >= 11 is 0. The van der Waals surface area contributed by atoms with Gasteiger partial charge in [0.15, 0.2) is 0 Å². The largest absolute Gasteiger partial charge is 0.342 e. The van der Waals surface area contributed by atoms with Gasteiger partial charge < -0.3 is 9.88 Å². The predicted octanol–water partition coefficient (Wildman–Crippen LogP) is 3.93. The Morgan fingerprint density at radius 2 is 1.83 bits per heavy atom. The second-order valence-electron chi connectivity index (χ2n) is 9.97. The van der Waals surface area contributed by atoms with Crippen molar-refractivity contribution in [2.24, 2.45) is 5.92 Å². The molecule has 0 bridgehead atoms. The van der Waals surface area contributed by atoms with Gasteiger partial charge in [0.1, 0.15) is 11.6 Å². The number of rotatable bonds is 6. The fourth-order valence-electron chi connectivity index (χ4n) is 5.08. The Kier molecular flexibility index (Phi) is 5.97. The molecule has 1 aromatic carbocycles.